The fraction of sp³-hybridized carbons (Fsp3) is 0.455. The molecular formula is C11H16N2O. The Labute approximate surface area is 84.3 Å². The molecule has 3 N–H and O–H groups in total. The summed E-state index contributed by atoms with van der Waals surface area (Å²) in [6.07, 6.45) is 0. The van der Waals surface area contributed by atoms with E-state index in [-0.39, 0.29) is 0 Å². The summed E-state index contributed by atoms with van der Waals surface area (Å²) >= 11 is 0. The zero-order valence-electron chi connectivity index (χ0n) is 8.58. The summed E-state index contributed by atoms with van der Waals surface area (Å²) in [5, 5.41) is 3.43. The van der Waals surface area contributed by atoms with Crippen molar-refractivity contribution >= 4 is 11.4 Å². The van der Waals surface area contributed by atoms with E-state index in [0.717, 1.165) is 23.7 Å². The molecule has 76 valence electrons. The standard InChI is InChI=1S/C11H16N2O/c1-7(2)10-6-14-11-4-3-8(12)5-9(11)13-10/h3-5,7,10,13H,6,12H2,1-2H3. The van der Waals surface area contributed by atoms with Crippen LogP contribution in [-0.4, -0.2) is 12.6 Å². The smallest absolute Gasteiger partial charge is 0.142 e. The van der Waals surface area contributed by atoms with Gasteiger partial charge in [-0.3, -0.25) is 0 Å². The first-order valence-corrected chi connectivity index (χ1v) is 4.95. The molecule has 0 aliphatic carbocycles. The topological polar surface area (TPSA) is 47.3 Å². The molecule has 1 heterocycles. The molecule has 0 spiro atoms. The zero-order chi connectivity index (χ0) is 10.1. The van der Waals surface area contributed by atoms with Gasteiger partial charge in [0.1, 0.15) is 12.4 Å². The largest absolute Gasteiger partial charge is 0.489 e. The molecule has 0 bridgehead atoms. The number of nitrogen functional groups attached to an aromatic ring is 1. The molecule has 2 rings (SSSR count). The van der Waals surface area contributed by atoms with Gasteiger partial charge in [-0.05, 0) is 24.1 Å². The van der Waals surface area contributed by atoms with E-state index in [1.54, 1.807) is 0 Å². The predicted molar refractivity (Wildman–Crippen MR) is 58.6 cm³/mol. The van der Waals surface area contributed by atoms with Crippen molar-refractivity contribution in [3.63, 3.8) is 0 Å². The molecule has 1 unspecified atom stereocenters. The van der Waals surface area contributed by atoms with Crippen LogP contribution in [0, 0.1) is 5.92 Å². The second-order valence-electron chi connectivity index (χ2n) is 4.06. The van der Waals surface area contributed by atoms with E-state index in [1.165, 1.54) is 0 Å². The van der Waals surface area contributed by atoms with Crippen molar-refractivity contribution in [2.75, 3.05) is 17.7 Å². The number of anilines is 2. The Kier molecular flexibility index (Phi) is 2.23. The van der Waals surface area contributed by atoms with Gasteiger partial charge in [0.25, 0.3) is 0 Å². The average molecular weight is 192 g/mol. The monoisotopic (exact) mass is 192 g/mol. The van der Waals surface area contributed by atoms with Crippen LogP contribution in [0.25, 0.3) is 0 Å². The number of hydrogen-bond donors (Lipinski definition) is 2. The number of nitrogens with two attached hydrogens (primary N) is 1. The maximum Gasteiger partial charge on any atom is 0.142 e. The first-order chi connectivity index (χ1) is 6.66. The third kappa shape index (κ3) is 1.62. The zero-order valence-corrected chi connectivity index (χ0v) is 8.58. The van der Waals surface area contributed by atoms with Crippen molar-refractivity contribution in [3.8, 4) is 5.75 Å². The van der Waals surface area contributed by atoms with E-state index in [0.29, 0.717) is 12.0 Å². The molecular weight excluding hydrogens is 176 g/mol. The van der Waals surface area contributed by atoms with Gasteiger partial charge in [0.2, 0.25) is 0 Å². The van der Waals surface area contributed by atoms with Gasteiger partial charge in [0, 0.05) is 5.69 Å². The summed E-state index contributed by atoms with van der Waals surface area (Å²) in [5.74, 6) is 1.46. The normalized spacial score (nSPS) is 19.8. The van der Waals surface area contributed by atoms with Gasteiger partial charge in [0.05, 0.1) is 11.7 Å². The number of ether oxygens (including phenoxy) is 1. The molecule has 1 aromatic rings. The number of fused-ring (bicyclic) bond motifs is 1. The maximum absolute atomic E-state index is 5.71. The van der Waals surface area contributed by atoms with Crippen LogP contribution in [0.3, 0.4) is 0 Å². The lowest BCUT2D eigenvalue weighted by Gasteiger charge is -2.30. The minimum absolute atomic E-state index is 0.379. The van der Waals surface area contributed by atoms with E-state index < -0.39 is 0 Å². The molecule has 1 aliphatic rings. The maximum atomic E-state index is 5.71. The summed E-state index contributed by atoms with van der Waals surface area (Å²) in [4.78, 5) is 0. The van der Waals surface area contributed by atoms with Crippen molar-refractivity contribution in [2.24, 2.45) is 5.92 Å². The highest BCUT2D eigenvalue weighted by Gasteiger charge is 2.21. The van der Waals surface area contributed by atoms with Crippen LogP contribution in [0.5, 0.6) is 5.75 Å². The van der Waals surface area contributed by atoms with Gasteiger partial charge in [0.15, 0.2) is 0 Å². The van der Waals surface area contributed by atoms with Crippen LogP contribution in [0.15, 0.2) is 18.2 Å². The van der Waals surface area contributed by atoms with Crippen molar-refractivity contribution in [1.82, 2.24) is 0 Å². The Balaban J connectivity index is 2.24. The van der Waals surface area contributed by atoms with Crippen LogP contribution in [0.4, 0.5) is 11.4 Å². The van der Waals surface area contributed by atoms with Gasteiger partial charge in [-0.1, -0.05) is 13.8 Å². The van der Waals surface area contributed by atoms with Crippen LogP contribution in [0.1, 0.15) is 13.8 Å². The average Bonchev–Trinajstić information content (AvgIpc) is 2.16. The second-order valence-corrected chi connectivity index (χ2v) is 4.06. The van der Waals surface area contributed by atoms with Gasteiger partial charge in [-0.25, -0.2) is 0 Å². The molecule has 0 saturated carbocycles. The van der Waals surface area contributed by atoms with E-state index in [2.05, 4.69) is 19.2 Å². The Morgan fingerprint density at radius 1 is 1.50 bits per heavy atom. The van der Waals surface area contributed by atoms with E-state index in [9.17, 15) is 0 Å². The Morgan fingerprint density at radius 2 is 2.29 bits per heavy atom. The first-order valence-electron chi connectivity index (χ1n) is 4.95. The molecule has 3 nitrogen and oxygen atoms in total. The second kappa shape index (κ2) is 3.40. The third-order valence-electron chi connectivity index (χ3n) is 2.57. The molecule has 0 amide bonds. The van der Waals surface area contributed by atoms with Gasteiger partial charge in [-0.15, -0.1) is 0 Å². The fourth-order valence-electron chi connectivity index (χ4n) is 1.57. The lowest BCUT2D eigenvalue weighted by atomic mass is 10.0. The Morgan fingerprint density at radius 3 is 3.00 bits per heavy atom. The highest BCUT2D eigenvalue weighted by molar-refractivity contribution is 5.64. The van der Waals surface area contributed by atoms with Crippen LogP contribution < -0.4 is 15.8 Å². The summed E-state index contributed by atoms with van der Waals surface area (Å²) in [6.45, 7) is 5.09. The first kappa shape index (κ1) is 9.19. The number of benzene rings is 1. The molecule has 1 aromatic carbocycles. The summed E-state index contributed by atoms with van der Waals surface area (Å²) < 4.78 is 5.63. The van der Waals surface area contributed by atoms with Crippen molar-refractivity contribution in [3.05, 3.63) is 18.2 Å². The predicted octanol–water partition coefficient (Wildman–Crippen LogP) is 2.10. The van der Waals surface area contributed by atoms with Gasteiger partial charge < -0.3 is 15.8 Å². The molecule has 0 radical (unpaired) electrons. The quantitative estimate of drug-likeness (QED) is 0.670. The van der Waals surface area contributed by atoms with Crippen molar-refractivity contribution in [2.45, 2.75) is 19.9 Å². The minimum Gasteiger partial charge on any atom is -0.489 e. The van der Waals surface area contributed by atoms with E-state index >= 15 is 0 Å². The number of nitrogens with one attached hydrogen (secondary N) is 1. The molecule has 14 heavy (non-hydrogen) atoms. The summed E-state index contributed by atoms with van der Waals surface area (Å²) in [5.41, 5.74) is 7.48. The highest BCUT2D eigenvalue weighted by Crippen LogP contribution is 2.31. The van der Waals surface area contributed by atoms with Crippen LogP contribution in [-0.2, 0) is 0 Å². The lowest BCUT2D eigenvalue weighted by Crippen LogP contribution is -2.35. The molecule has 0 saturated heterocycles. The highest BCUT2D eigenvalue weighted by atomic mass is 16.5. The summed E-state index contributed by atoms with van der Waals surface area (Å²) in [7, 11) is 0. The number of rotatable bonds is 1. The molecule has 1 aliphatic heterocycles. The lowest BCUT2D eigenvalue weighted by molar-refractivity contribution is 0.257. The third-order valence-corrected chi connectivity index (χ3v) is 2.57. The molecule has 0 aromatic heterocycles. The molecule has 3 heteroatoms. The van der Waals surface area contributed by atoms with Gasteiger partial charge in [-0.2, -0.15) is 0 Å². The van der Waals surface area contributed by atoms with Crippen molar-refractivity contribution in [1.29, 1.82) is 0 Å². The minimum atomic E-state index is 0.379. The van der Waals surface area contributed by atoms with E-state index in [1.807, 2.05) is 18.2 Å². The molecule has 0 fully saturated rings. The SMILES string of the molecule is CC(C)C1COc2ccc(N)cc2N1. The Hall–Kier alpha value is -1.38. The summed E-state index contributed by atoms with van der Waals surface area (Å²) in [6, 6.07) is 6.07. The van der Waals surface area contributed by atoms with Crippen LogP contribution >= 0.6 is 0 Å². The molecule has 1 atom stereocenters. The fourth-order valence-corrected chi connectivity index (χ4v) is 1.57. The van der Waals surface area contributed by atoms with Crippen molar-refractivity contribution < 1.29 is 4.74 Å². The van der Waals surface area contributed by atoms with E-state index in [4.69, 9.17) is 10.5 Å². The Bertz CT molecular complexity index is 336. The van der Waals surface area contributed by atoms with Crippen LogP contribution in [0.2, 0.25) is 0 Å². The van der Waals surface area contributed by atoms with Gasteiger partial charge >= 0.3 is 0 Å². The number of hydrogen-bond acceptors (Lipinski definition) is 3.